The van der Waals surface area contributed by atoms with Gasteiger partial charge in [0.25, 0.3) is 0 Å². The highest BCUT2D eigenvalue weighted by molar-refractivity contribution is 5.85. The number of rotatable bonds is 7. The van der Waals surface area contributed by atoms with Crippen LogP contribution in [-0.4, -0.2) is 42.7 Å². The molecule has 6 rings (SSSR count). The molecule has 2 aromatic carbocycles. The number of methoxy groups -OCH3 is 1. The fourth-order valence-corrected chi connectivity index (χ4v) is 6.30. The molecule has 0 spiro atoms. The lowest BCUT2D eigenvalue weighted by Gasteiger charge is -2.56. The molecule has 0 amide bonds. The van der Waals surface area contributed by atoms with E-state index in [0.717, 1.165) is 35.0 Å². The Labute approximate surface area is 191 Å². The van der Waals surface area contributed by atoms with E-state index in [0.29, 0.717) is 12.6 Å². The number of hydrogen-bond donors (Lipinski definition) is 0. The minimum Gasteiger partial charge on any atom is -0.497 e. The topological polar surface area (TPSA) is 34.6 Å². The van der Waals surface area contributed by atoms with Crippen molar-refractivity contribution in [1.29, 1.82) is 0 Å². The molecular formula is C28H34N2O2. The van der Waals surface area contributed by atoms with Crippen LogP contribution in [0.25, 0.3) is 10.9 Å². The molecule has 1 unspecified atom stereocenters. The molecule has 4 heterocycles. The number of benzene rings is 2. The lowest BCUT2D eigenvalue weighted by atomic mass is 9.66. The molecule has 1 aromatic heterocycles. The second-order valence-electron chi connectivity index (χ2n) is 9.24. The summed E-state index contributed by atoms with van der Waals surface area (Å²) in [7, 11) is 1.72. The first-order chi connectivity index (χ1) is 15.7. The quantitative estimate of drug-likeness (QED) is 0.486. The largest absolute Gasteiger partial charge is 0.497 e. The lowest BCUT2D eigenvalue weighted by molar-refractivity contribution is -0.125. The summed E-state index contributed by atoms with van der Waals surface area (Å²) < 4.78 is 12.5. The Morgan fingerprint density at radius 1 is 1.09 bits per heavy atom. The molecule has 4 heteroatoms. The van der Waals surface area contributed by atoms with E-state index in [1.165, 1.54) is 36.9 Å². The van der Waals surface area contributed by atoms with E-state index in [-0.39, 0.29) is 0 Å². The van der Waals surface area contributed by atoms with Crippen LogP contribution in [0.15, 0.2) is 60.8 Å². The molecule has 5 atom stereocenters. The average Bonchev–Trinajstić information content (AvgIpc) is 2.87. The number of hydrogen-bond acceptors (Lipinski definition) is 4. The van der Waals surface area contributed by atoms with Gasteiger partial charge in [0.05, 0.1) is 12.6 Å². The Morgan fingerprint density at radius 3 is 2.62 bits per heavy atom. The highest BCUT2D eigenvalue weighted by Crippen LogP contribution is 2.50. The van der Waals surface area contributed by atoms with Crippen LogP contribution in [0.2, 0.25) is 0 Å². The van der Waals surface area contributed by atoms with E-state index in [9.17, 15) is 0 Å². The highest BCUT2D eigenvalue weighted by atomic mass is 16.5. The molecule has 168 valence electrons. The van der Waals surface area contributed by atoms with Crippen LogP contribution in [0.5, 0.6) is 5.75 Å². The molecule has 0 saturated carbocycles. The van der Waals surface area contributed by atoms with Crippen LogP contribution in [0.3, 0.4) is 0 Å². The van der Waals surface area contributed by atoms with E-state index >= 15 is 0 Å². The van der Waals surface area contributed by atoms with Crippen molar-refractivity contribution in [2.24, 2.45) is 11.8 Å². The summed E-state index contributed by atoms with van der Waals surface area (Å²) >= 11 is 0. The van der Waals surface area contributed by atoms with Crippen LogP contribution in [-0.2, 0) is 10.3 Å². The van der Waals surface area contributed by atoms with Crippen molar-refractivity contribution in [3.63, 3.8) is 0 Å². The Morgan fingerprint density at radius 2 is 1.94 bits per heavy atom. The van der Waals surface area contributed by atoms with Crippen LogP contribution in [0, 0.1) is 11.8 Å². The van der Waals surface area contributed by atoms with Crippen LogP contribution in [0.4, 0.5) is 0 Å². The van der Waals surface area contributed by atoms with Gasteiger partial charge in [-0.05, 0) is 68.0 Å². The van der Waals surface area contributed by atoms with Gasteiger partial charge in [-0.3, -0.25) is 9.88 Å². The van der Waals surface area contributed by atoms with E-state index in [4.69, 9.17) is 9.47 Å². The molecule has 4 nitrogen and oxygen atoms in total. The number of ether oxygens (including phenoxy) is 2. The van der Waals surface area contributed by atoms with Gasteiger partial charge >= 0.3 is 0 Å². The predicted octanol–water partition coefficient (Wildman–Crippen LogP) is 5.64. The zero-order valence-electron chi connectivity index (χ0n) is 19.5. The molecule has 3 fully saturated rings. The van der Waals surface area contributed by atoms with Crippen LogP contribution < -0.4 is 4.74 Å². The van der Waals surface area contributed by atoms with E-state index in [1.54, 1.807) is 7.11 Å². The van der Waals surface area contributed by atoms with E-state index in [1.807, 2.05) is 12.3 Å². The van der Waals surface area contributed by atoms with Gasteiger partial charge in [-0.25, -0.2) is 0 Å². The Balaban J connectivity index is 1.76. The van der Waals surface area contributed by atoms with Gasteiger partial charge < -0.3 is 9.47 Å². The summed E-state index contributed by atoms with van der Waals surface area (Å²) in [4.78, 5) is 7.39. The van der Waals surface area contributed by atoms with E-state index in [2.05, 4.69) is 72.3 Å². The first-order valence-electron chi connectivity index (χ1n) is 12.1. The summed E-state index contributed by atoms with van der Waals surface area (Å²) in [5, 5.41) is 1.11. The molecule has 3 saturated heterocycles. The maximum Gasteiger partial charge on any atom is 0.134 e. The van der Waals surface area contributed by atoms with Gasteiger partial charge in [0.15, 0.2) is 0 Å². The molecule has 3 aliphatic heterocycles. The average molecular weight is 431 g/mol. The summed E-state index contributed by atoms with van der Waals surface area (Å²) in [6, 6.07) is 19.5. The van der Waals surface area contributed by atoms with Crippen LogP contribution in [0.1, 0.15) is 44.2 Å². The molecule has 0 radical (unpaired) electrons. The normalized spacial score (nSPS) is 26.7. The number of fused-ring (bicyclic) bond motifs is 4. The molecule has 0 aliphatic carbocycles. The third-order valence-corrected chi connectivity index (χ3v) is 7.81. The van der Waals surface area contributed by atoms with Gasteiger partial charge in [-0.15, -0.1) is 0 Å². The lowest BCUT2D eigenvalue weighted by Crippen LogP contribution is -2.62. The minimum absolute atomic E-state index is 0.295. The molecule has 0 N–H and O–H groups in total. The number of aromatic nitrogens is 1. The maximum atomic E-state index is 6.93. The third-order valence-electron chi connectivity index (χ3n) is 7.81. The van der Waals surface area contributed by atoms with Gasteiger partial charge in [0.1, 0.15) is 11.4 Å². The van der Waals surface area contributed by atoms with Crippen molar-refractivity contribution in [2.75, 3.05) is 26.8 Å². The third kappa shape index (κ3) is 3.41. The van der Waals surface area contributed by atoms with Crippen molar-refractivity contribution in [3.05, 3.63) is 71.9 Å². The Kier molecular flexibility index (Phi) is 5.92. The molecular weight excluding hydrogens is 396 g/mol. The molecule has 2 bridgehead atoms. The number of pyridine rings is 1. The monoisotopic (exact) mass is 430 g/mol. The fraction of sp³-hybridized carbons (Fsp3) is 0.464. The van der Waals surface area contributed by atoms with Crippen molar-refractivity contribution in [3.8, 4) is 5.75 Å². The van der Waals surface area contributed by atoms with Gasteiger partial charge in [-0.2, -0.15) is 0 Å². The standard InChI is InChI=1S/C28H34N2O2/c1-4-20-19-30-16-14-21(20)17-27(30)28(32-5-2,22-9-7-6-8-10-22)25-13-15-29-26-12-11-23(31-3)18-24(25)26/h6-13,15,18,20-21,27H,4-5,14,16-17,19H2,1-3H3/t20-,21-,27-,28+/m0/s1. The Bertz CT molecular complexity index is 1070. The first kappa shape index (κ1) is 21.4. The van der Waals surface area contributed by atoms with Crippen molar-refractivity contribution in [1.82, 2.24) is 9.88 Å². The van der Waals surface area contributed by atoms with Gasteiger partial charge in [0, 0.05) is 36.3 Å². The SMILES string of the molecule is CCO[C@](c1ccccc1)(c1ccnc2ccc(OC)cc12)[C@@H]1C[C@@H]2CCN1C[C@@H]2CC. The zero-order chi connectivity index (χ0) is 22.1. The van der Waals surface area contributed by atoms with Crippen molar-refractivity contribution < 1.29 is 9.47 Å². The summed E-state index contributed by atoms with van der Waals surface area (Å²) in [6.07, 6.45) is 5.67. The molecule has 3 aromatic rings. The number of nitrogens with zero attached hydrogens (tertiary/aromatic N) is 2. The molecule has 32 heavy (non-hydrogen) atoms. The summed E-state index contributed by atoms with van der Waals surface area (Å²) in [6.45, 7) is 7.43. The highest BCUT2D eigenvalue weighted by Gasteiger charge is 2.52. The minimum atomic E-state index is -0.555. The van der Waals surface area contributed by atoms with Crippen molar-refractivity contribution >= 4 is 10.9 Å². The maximum absolute atomic E-state index is 6.93. The zero-order valence-corrected chi connectivity index (χ0v) is 19.5. The van der Waals surface area contributed by atoms with Crippen molar-refractivity contribution in [2.45, 2.75) is 44.8 Å². The second-order valence-corrected chi connectivity index (χ2v) is 9.24. The summed E-state index contributed by atoms with van der Waals surface area (Å²) in [5.41, 5.74) is 2.84. The first-order valence-corrected chi connectivity index (χ1v) is 12.1. The van der Waals surface area contributed by atoms with Gasteiger partial charge in [-0.1, -0.05) is 43.7 Å². The van der Waals surface area contributed by atoms with E-state index < -0.39 is 5.60 Å². The predicted molar refractivity (Wildman–Crippen MR) is 129 cm³/mol. The molecule has 3 aliphatic rings. The fourth-order valence-electron chi connectivity index (χ4n) is 6.30. The van der Waals surface area contributed by atoms with Gasteiger partial charge in [0.2, 0.25) is 0 Å². The smallest absolute Gasteiger partial charge is 0.134 e. The second kappa shape index (κ2) is 8.84. The van der Waals surface area contributed by atoms with Crippen LogP contribution >= 0.6 is 0 Å². The Hall–Kier alpha value is -2.43. The number of piperidine rings is 3. The summed E-state index contributed by atoms with van der Waals surface area (Å²) in [5.74, 6) is 2.41.